The molecule has 4 nitrogen and oxygen atoms in total. The Balaban J connectivity index is 1.24. The van der Waals surface area contributed by atoms with E-state index >= 15 is 0 Å². The number of ether oxygens (including phenoxy) is 2. The number of nitrogens with zero attached hydrogens (tertiary/aromatic N) is 1. The summed E-state index contributed by atoms with van der Waals surface area (Å²) in [5, 5.41) is 3.55. The molecule has 3 atom stereocenters. The van der Waals surface area contributed by atoms with E-state index in [2.05, 4.69) is 10.2 Å². The summed E-state index contributed by atoms with van der Waals surface area (Å²) >= 11 is 0. The maximum atomic E-state index is 5.94. The van der Waals surface area contributed by atoms with Crippen LogP contribution in [-0.2, 0) is 9.47 Å². The van der Waals surface area contributed by atoms with Gasteiger partial charge < -0.3 is 14.8 Å². The van der Waals surface area contributed by atoms with Crippen LogP contribution < -0.4 is 5.32 Å². The molecule has 3 rings (SSSR count). The Morgan fingerprint density at radius 1 is 1.11 bits per heavy atom. The normalized spacial score (nSPS) is 35.7. The van der Waals surface area contributed by atoms with Gasteiger partial charge in [-0.05, 0) is 51.6 Å². The van der Waals surface area contributed by atoms with Crippen LogP contribution in [0.1, 0.15) is 38.5 Å². The molecule has 3 unspecified atom stereocenters. The van der Waals surface area contributed by atoms with E-state index in [1.54, 1.807) is 0 Å². The number of hydrogen-bond acceptors (Lipinski definition) is 4. The molecule has 0 aromatic rings. The zero-order valence-electron chi connectivity index (χ0n) is 12.0. The Morgan fingerprint density at radius 3 is 3.00 bits per heavy atom. The Bertz CT molecular complexity index is 269. The van der Waals surface area contributed by atoms with Crippen LogP contribution in [0.5, 0.6) is 0 Å². The molecule has 1 N–H and O–H groups in total. The van der Waals surface area contributed by atoms with Crippen molar-refractivity contribution >= 4 is 0 Å². The van der Waals surface area contributed by atoms with Gasteiger partial charge in [0.05, 0.1) is 18.8 Å². The fraction of sp³-hybridized carbons (Fsp3) is 1.00. The molecule has 0 aromatic heterocycles. The van der Waals surface area contributed by atoms with Gasteiger partial charge in [-0.25, -0.2) is 0 Å². The Labute approximate surface area is 116 Å². The van der Waals surface area contributed by atoms with E-state index in [1.807, 2.05) is 0 Å². The molecule has 3 aliphatic heterocycles. The Kier molecular flexibility index (Phi) is 5.10. The minimum atomic E-state index is 0.400. The minimum Gasteiger partial charge on any atom is -0.378 e. The zero-order chi connectivity index (χ0) is 12.9. The molecular weight excluding hydrogens is 240 g/mol. The molecule has 0 aliphatic carbocycles. The molecule has 3 aliphatic rings. The second-order valence-corrected chi connectivity index (χ2v) is 6.23. The summed E-state index contributed by atoms with van der Waals surface area (Å²) in [6.45, 7) is 6.44. The second-order valence-electron chi connectivity index (χ2n) is 6.23. The van der Waals surface area contributed by atoms with Gasteiger partial charge in [-0.15, -0.1) is 0 Å². The van der Waals surface area contributed by atoms with Crippen molar-refractivity contribution in [1.82, 2.24) is 10.2 Å². The van der Waals surface area contributed by atoms with Crippen molar-refractivity contribution in [3.8, 4) is 0 Å². The van der Waals surface area contributed by atoms with E-state index < -0.39 is 0 Å². The van der Waals surface area contributed by atoms with Gasteiger partial charge in [-0.2, -0.15) is 0 Å². The highest BCUT2D eigenvalue weighted by Gasteiger charge is 2.31. The lowest BCUT2D eigenvalue weighted by molar-refractivity contribution is -0.0469. The summed E-state index contributed by atoms with van der Waals surface area (Å²) in [5.41, 5.74) is 0. The number of morpholine rings is 1. The van der Waals surface area contributed by atoms with Gasteiger partial charge in [0.1, 0.15) is 0 Å². The largest absolute Gasteiger partial charge is 0.378 e. The topological polar surface area (TPSA) is 33.7 Å². The second kappa shape index (κ2) is 7.02. The number of hydrogen-bond donors (Lipinski definition) is 1. The third-order valence-electron chi connectivity index (χ3n) is 4.74. The predicted octanol–water partition coefficient (Wildman–Crippen LogP) is 1.40. The lowest BCUT2D eigenvalue weighted by Gasteiger charge is -2.35. The third kappa shape index (κ3) is 3.91. The first-order chi connectivity index (χ1) is 9.42. The minimum absolute atomic E-state index is 0.400. The average Bonchev–Trinajstić information content (AvgIpc) is 3.08. The molecule has 3 fully saturated rings. The summed E-state index contributed by atoms with van der Waals surface area (Å²) in [5.74, 6) is 0. The number of nitrogens with one attached hydrogen (secondary N) is 1. The first kappa shape index (κ1) is 13.8. The predicted molar refractivity (Wildman–Crippen MR) is 75.4 cm³/mol. The molecule has 0 spiro atoms. The van der Waals surface area contributed by atoms with Gasteiger partial charge in [-0.3, -0.25) is 4.90 Å². The van der Waals surface area contributed by atoms with Crippen LogP contribution in [-0.4, -0.2) is 62.5 Å². The van der Waals surface area contributed by atoms with Crippen molar-refractivity contribution in [2.75, 3.05) is 39.4 Å². The highest BCUT2D eigenvalue weighted by atomic mass is 16.5. The molecule has 0 saturated carbocycles. The van der Waals surface area contributed by atoms with E-state index in [0.717, 1.165) is 38.9 Å². The third-order valence-corrected chi connectivity index (χ3v) is 4.74. The van der Waals surface area contributed by atoms with Crippen molar-refractivity contribution in [3.05, 3.63) is 0 Å². The molecule has 4 heteroatoms. The first-order valence-corrected chi connectivity index (χ1v) is 8.10. The first-order valence-electron chi connectivity index (χ1n) is 8.10. The highest BCUT2D eigenvalue weighted by Crippen LogP contribution is 2.22. The van der Waals surface area contributed by atoms with Gasteiger partial charge in [0.25, 0.3) is 0 Å². The van der Waals surface area contributed by atoms with E-state index in [-0.39, 0.29) is 0 Å². The van der Waals surface area contributed by atoms with Gasteiger partial charge in [0.2, 0.25) is 0 Å². The van der Waals surface area contributed by atoms with Gasteiger partial charge in [-0.1, -0.05) is 0 Å². The maximum absolute atomic E-state index is 5.94. The Hall–Kier alpha value is -0.160. The maximum Gasteiger partial charge on any atom is 0.0826 e. The van der Waals surface area contributed by atoms with E-state index in [4.69, 9.17) is 9.47 Å². The lowest BCUT2D eigenvalue weighted by Crippen LogP contribution is -2.49. The van der Waals surface area contributed by atoms with Crippen LogP contribution in [0, 0.1) is 0 Å². The van der Waals surface area contributed by atoms with Crippen LogP contribution in [0.15, 0.2) is 0 Å². The van der Waals surface area contributed by atoms with E-state index in [0.29, 0.717) is 12.2 Å². The summed E-state index contributed by atoms with van der Waals surface area (Å²) in [4.78, 5) is 2.61. The smallest absolute Gasteiger partial charge is 0.0826 e. The monoisotopic (exact) mass is 268 g/mol. The molecule has 3 heterocycles. The molecule has 0 aromatic carbocycles. The highest BCUT2D eigenvalue weighted by molar-refractivity contribution is 4.85. The van der Waals surface area contributed by atoms with Crippen molar-refractivity contribution < 1.29 is 9.47 Å². The summed E-state index contributed by atoms with van der Waals surface area (Å²) in [7, 11) is 0. The van der Waals surface area contributed by atoms with E-state index in [1.165, 1.54) is 45.1 Å². The fourth-order valence-corrected chi connectivity index (χ4v) is 3.60. The Morgan fingerprint density at radius 2 is 2.11 bits per heavy atom. The van der Waals surface area contributed by atoms with Crippen LogP contribution in [0.4, 0.5) is 0 Å². The molecule has 0 bridgehead atoms. The summed E-state index contributed by atoms with van der Waals surface area (Å²) < 4.78 is 11.6. The van der Waals surface area contributed by atoms with Crippen LogP contribution in [0.3, 0.4) is 0 Å². The van der Waals surface area contributed by atoms with Crippen molar-refractivity contribution in [2.45, 2.75) is 56.8 Å². The molecule has 3 saturated heterocycles. The average molecular weight is 268 g/mol. The summed E-state index contributed by atoms with van der Waals surface area (Å²) in [6.07, 6.45) is 8.59. The van der Waals surface area contributed by atoms with Crippen LogP contribution >= 0.6 is 0 Å². The lowest BCUT2D eigenvalue weighted by atomic mass is 10.1. The van der Waals surface area contributed by atoms with Gasteiger partial charge in [0, 0.05) is 25.7 Å². The molecule has 0 radical (unpaired) electrons. The number of rotatable bonds is 6. The molecule has 19 heavy (non-hydrogen) atoms. The van der Waals surface area contributed by atoms with Crippen LogP contribution in [0.2, 0.25) is 0 Å². The standard InChI is InChI=1S/C15H28N2O2/c1(5-14-6-3-9-18-14)7-16-10-15-11-17-8-2-4-13(17)12-19-15/h13-16H,1-12H2. The molecule has 110 valence electrons. The zero-order valence-corrected chi connectivity index (χ0v) is 12.0. The SMILES string of the molecule is C(CNCC1CN2CCCC2CO1)CC1CCCO1. The summed E-state index contributed by atoms with van der Waals surface area (Å²) in [6, 6.07) is 0.718. The van der Waals surface area contributed by atoms with Crippen molar-refractivity contribution in [2.24, 2.45) is 0 Å². The molecular formula is C15H28N2O2. The quantitative estimate of drug-likeness (QED) is 0.738. The van der Waals surface area contributed by atoms with Crippen molar-refractivity contribution in [3.63, 3.8) is 0 Å². The molecule has 0 amide bonds. The van der Waals surface area contributed by atoms with E-state index in [9.17, 15) is 0 Å². The fourth-order valence-electron chi connectivity index (χ4n) is 3.60. The van der Waals surface area contributed by atoms with Gasteiger partial charge in [0.15, 0.2) is 0 Å². The van der Waals surface area contributed by atoms with Gasteiger partial charge >= 0.3 is 0 Å². The number of fused-ring (bicyclic) bond motifs is 1. The van der Waals surface area contributed by atoms with Crippen LogP contribution in [0.25, 0.3) is 0 Å². The van der Waals surface area contributed by atoms with Crippen molar-refractivity contribution in [1.29, 1.82) is 0 Å².